The number of hydrogen-bond acceptors (Lipinski definition) is 2. The maximum absolute atomic E-state index is 12.3. The van der Waals surface area contributed by atoms with Crippen molar-refractivity contribution in [1.29, 1.82) is 0 Å². The van der Waals surface area contributed by atoms with Gasteiger partial charge >= 0.3 is 0 Å². The molecule has 0 fully saturated rings. The fraction of sp³-hybridized carbons (Fsp3) is 0.235. The van der Waals surface area contributed by atoms with Gasteiger partial charge in [-0.2, -0.15) is 0 Å². The van der Waals surface area contributed by atoms with Crippen LogP contribution < -0.4 is 5.32 Å². The Bertz CT molecular complexity index is 629. The summed E-state index contributed by atoms with van der Waals surface area (Å²) in [6.07, 6.45) is 0. The summed E-state index contributed by atoms with van der Waals surface area (Å²) in [6, 6.07) is 15.1. The van der Waals surface area contributed by atoms with Gasteiger partial charge in [0.15, 0.2) is 0 Å². The summed E-state index contributed by atoms with van der Waals surface area (Å²) >= 11 is 4.26. The molecule has 0 aliphatic rings. The van der Waals surface area contributed by atoms with E-state index in [9.17, 15) is 4.79 Å². The lowest BCUT2D eigenvalue weighted by atomic mass is 9.86. The molecule has 0 aliphatic heterocycles. The highest BCUT2D eigenvalue weighted by Gasteiger charge is 2.18. The van der Waals surface area contributed by atoms with E-state index in [-0.39, 0.29) is 11.3 Å². The monoisotopic (exact) mass is 285 g/mol. The van der Waals surface area contributed by atoms with E-state index < -0.39 is 0 Å². The van der Waals surface area contributed by atoms with Crippen LogP contribution in [0.5, 0.6) is 0 Å². The molecule has 20 heavy (non-hydrogen) atoms. The van der Waals surface area contributed by atoms with E-state index >= 15 is 0 Å². The van der Waals surface area contributed by atoms with Crippen LogP contribution in [0.2, 0.25) is 0 Å². The van der Waals surface area contributed by atoms with Gasteiger partial charge in [-0.3, -0.25) is 4.79 Å². The van der Waals surface area contributed by atoms with E-state index in [0.717, 1.165) is 16.1 Å². The molecular weight excluding hydrogens is 266 g/mol. The minimum Gasteiger partial charge on any atom is -0.322 e. The molecule has 2 aromatic rings. The van der Waals surface area contributed by atoms with Gasteiger partial charge in [0, 0.05) is 16.1 Å². The summed E-state index contributed by atoms with van der Waals surface area (Å²) in [5.41, 5.74) is 2.57. The summed E-state index contributed by atoms with van der Waals surface area (Å²) in [5, 5.41) is 2.99. The molecule has 2 nitrogen and oxygen atoms in total. The third-order valence-corrected chi connectivity index (χ3v) is 3.37. The lowest BCUT2D eigenvalue weighted by Crippen LogP contribution is -2.18. The number of nitrogens with one attached hydrogen (secondary N) is 1. The smallest absolute Gasteiger partial charge is 0.255 e. The van der Waals surface area contributed by atoms with E-state index in [2.05, 4.69) is 38.7 Å². The molecule has 0 atom stereocenters. The molecule has 2 rings (SSSR count). The van der Waals surface area contributed by atoms with Crippen molar-refractivity contribution in [1.82, 2.24) is 0 Å². The molecule has 0 unspecified atom stereocenters. The van der Waals surface area contributed by atoms with Crippen LogP contribution in [0.1, 0.15) is 36.7 Å². The molecule has 0 radical (unpaired) electrons. The molecule has 1 N–H and O–H groups in total. The first-order valence-corrected chi connectivity index (χ1v) is 7.02. The second-order valence-corrected chi connectivity index (χ2v) is 6.32. The molecule has 0 heterocycles. The van der Waals surface area contributed by atoms with Crippen molar-refractivity contribution in [2.75, 3.05) is 5.32 Å². The summed E-state index contributed by atoms with van der Waals surface area (Å²) in [4.78, 5) is 13.1. The van der Waals surface area contributed by atoms with Gasteiger partial charge < -0.3 is 5.32 Å². The van der Waals surface area contributed by atoms with Gasteiger partial charge in [0.1, 0.15) is 0 Å². The first-order valence-electron chi connectivity index (χ1n) is 6.58. The second kappa shape index (κ2) is 5.71. The zero-order valence-corrected chi connectivity index (χ0v) is 12.9. The molecule has 0 spiro atoms. The zero-order valence-electron chi connectivity index (χ0n) is 12.0. The van der Waals surface area contributed by atoms with Crippen molar-refractivity contribution in [2.45, 2.75) is 31.1 Å². The van der Waals surface area contributed by atoms with Crippen molar-refractivity contribution in [3.05, 3.63) is 59.7 Å². The topological polar surface area (TPSA) is 29.1 Å². The Morgan fingerprint density at radius 2 is 1.75 bits per heavy atom. The highest BCUT2D eigenvalue weighted by atomic mass is 32.1. The largest absolute Gasteiger partial charge is 0.322 e. The normalized spacial score (nSPS) is 11.2. The van der Waals surface area contributed by atoms with E-state index in [4.69, 9.17) is 0 Å². The SMILES string of the molecule is CC(C)(C)c1ccccc1NC(=O)c1cccc(S)c1. The second-order valence-electron chi connectivity index (χ2n) is 5.80. The zero-order chi connectivity index (χ0) is 14.8. The minimum absolute atomic E-state index is 0.0186. The summed E-state index contributed by atoms with van der Waals surface area (Å²) in [6.45, 7) is 6.39. The average molecular weight is 285 g/mol. The van der Waals surface area contributed by atoms with Crippen molar-refractivity contribution >= 4 is 24.2 Å². The van der Waals surface area contributed by atoms with Gasteiger partial charge in [-0.05, 0) is 35.2 Å². The Hall–Kier alpha value is -1.74. The Morgan fingerprint density at radius 1 is 1.05 bits per heavy atom. The number of rotatable bonds is 2. The lowest BCUT2D eigenvalue weighted by Gasteiger charge is -2.23. The van der Waals surface area contributed by atoms with Gasteiger partial charge in [-0.1, -0.05) is 45.0 Å². The Kier molecular flexibility index (Phi) is 4.19. The Balaban J connectivity index is 2.29. The molecular formula is C17H19NOS. The van der Waals surface area contributed by atoms with Crippen LogP contribution in [0.25, 0.3) is 0 Å². The van der Waals surface area contributed by atoms with E-state index in [1.165, 1.54) is 0 Å². The molecule has 0 aromatic heterocycles. The molecule has 2 aromatic carbocycles. The number of carbonyl (C=O) groups is 1. The predicted octanol–water partition coefficient (Wildman–Crippen LogP) is 4.53. The number of para-hydroxylation sites is 1. The maximum atomic E-state index is 12.3. The summed E-state index contributed by atoms with van der Waals surface area (Å²) in [5.74, 6) is -0.113. The molecule has 0 saturated heterocycles. The lowest BCUT2D eigenvalue weighted by molar-refractivity contribution is 0.102. The molecule has 104 valence electrons. The molecule has 1 amide bonds. The van der Waals surface area contributed by atoms with Crippen LogP contribution in [0.4, 0.5) is 5.69 Å². The van der Waals surface area contributed by atoms with Crippen molar-refractivity contribution in [2.24, 2.45) is 0 Å². The van der Waals surface area contributed by atoms with Gasteiger partial charge in [0.25, 0.3) is 5.91 Å². The number of anilines is 1. The number of hydrogen-bond donors (Lipinski definition) is 2. The van der Waals surface area contributed by atoms with Gasteiger partial charge in [0.05, 0.1) is 0 Å². The third-order valence-electron chi connectivity index (χ3n) is 3.09. The summed E-state index contributed by atoms with van der Waals surface area (Å²) < 4.78 is 0. The maximum Gasteiger partial charge on any atom is 0.255 e. The third kappa shape index (κ3) is 3.42. The molecule has 0 saturated carbocycles. The number of carbonyl (C=O) groups excluding carboxylic acids is 1. The Morgan fingerprint density at radius 3 is 2.40 bits per heavy atom. The quantitative estimate of drug-likeness (QED) is 0.780. The van der Waals surface area contributed by atoms with Crippen molar-refractivity contribution in [3.63, 3.8) is 0 Å². The highest BCUT2D eigenvalue weighted by Crippen LogP contribution is 2.29. The fourth-order valence-corrected chi connectivity index (χ4v) is 2.31. The van der Waals surface area contributed by atoms with Crippen LogP contribution in [0, 0.1) is 0 Å². The summed E-state index contributed by atoms with van der Waals surface area (Å²) in [7, 11) is 0. The molecule has 0 aliphatic carbocycles. The van der Waals surface area contributed by atoms with Gasteiger partial charge in [-0.15, -0.1) is 12.6 Å². The van der Waals surface area contributed by atoms with Crippen LogP contribution in [0.3, 0.4) is 0 Å². The van der Waals surface area contributed by atoms with Crippen molar-refractivity contribution in [3.8, 4) is 0 Å². The number of thiol groups is 1. The van der Waals surface area contributed by atoms with Crippen LogP contribution in [-0.4, -0.2) is 5.91 Å². The first-order chi connectivity index (χ1) is 9.38. The predicted molar refractivity (Wildman–Crippen MR) is 86.8 cm³/mol. The van der Waals surface area contributed by atoms with Gasteiger partial charge in [-0.25, -0.2) is 0 Å². The van der Waals surface area contributed by atoms with Crippen LogP contribution >= 0.6 is 12.6 Å². The fourth-order valence-electron chi connectivity index (χ4n) is 2.09. The molecule has 0 bridgehead atoms. The average Bonchev–Trinajstić information content (AvgIpc) is 2.38. The first kappa shape index (κ1) is 14.7. The standard InChI is InChI=1S/C17H19NOS/c1-17(2,3)14-9-4-5-10-15(14)18-16(19)12-7-6-8-13(20)11-12/h4-11,20H,1-3H3,(H,18,19). The number of benzene rings is 2. The van der Waals surface area contributed by atoms with E-state index in [1.54, 1.807) is 12.1 Å². The Labute approximate surface area is 125 Å². The minimum atomic E-state index is -0.113. The number of amides is 1. The van der Waals surface area contributed by atoms with Crippen LogP contribution in [-0.2, 0) is 5.41 Å². The highest BCUT2D eigenvalue weighted by molar-refractivity contribution is 7.80. The molecule has 3 heteroatoms. The van der Waals surface area contributed by atoms with Gasteiger partial charge in [0.2, 0.25) is 0 Å². The van der Waals surface area contributed by atoms with Crippen LogP contribution in [0.15, 0.2) is 53.4 Å². The van der Waals surface area contributed by atoms with E-state index in [1.807, 2.05) is 36.4 Å². The van der Waals surface area contributed by atoms with Crippen molar-refractivity contribution < 1.29 is 4.79 Å². The van der Waals surface area contributed by atoms with E-state index in [0.29, 0.717) is 5.56 Å².